The molecule has 0 aliphatic rings. The van der Waals surface area contributed by atoms with E-state index in [1.54, 1.807) is 0 Å². The minimum Gasteiger partial charge on any atom is -0.0504 e. The Morgan fingerprint density at radius 3 is 1.25 bits per heavy atom. The van der Waals surface area contributed by atoms with Gasteiger partial charge in [-0.3, -0.25) is 0 Å². The largest absolute Gasteiger partial charge is 0.193 e. The second-order valence-corrected chi connectivity index (χ2v) is 0. The minimum absolute atomic E-state index is 0. The molecular weight excluding hydrogens is 162 g/mol. The van der Waals surface area contributed by atoms with Crippen LogP contribution in [0.15, 0.2) is 0 Å². The summed E-state index contributed by atoms with van der Waals surface area (Å²) >= 11 is 1.44. The van der Waals surface area contributed by atoms with Gasteiger partial charge in [0.05, 0.1) is 0 Å². The van der Waals surface area contributed by atoms with Gasteiger partial charge in [-0.15, -0.1) is 0 Å². The van der Waals surface area contributed by atoms with Crippen molar-refractivity contribution < 1.29 is 34.4 Å². The summed E-state index contributed by atoms with van der Waals surface area (Å²) in [5.74, 6) is 0. The van der Waals surface area contributed by atoms with Gasteiger partial charge < -0.3 is 0 Å². The number of rotatable bonds is 0. The predicted molar refractivity (Wildman–Crippen MR) is 18.5 cm³/mol. The van der Waals surface area contributed by atoms with E-state index in [-0.39, 0.29) is 34.4 Å². The van der Waals surface area contributed by atoms with Gasteiger partial charge in [0.2, 0.25) is 0 Å². The van der Waals surface area contributed by atoms with Crippen LogP contribution in [-0.2, 0) is 34.4 Å². The van der Waals surface area contributed by atoms with Gasteiger partial charge in [-0.1, -0.05) is 8.80 Å². The molecule has 0 amide bonds. The van der Waals surface area contributed by atoms with Crippen molar-refractivity contribution in [2.75, 3.05) is 0 Å². The number of hydrogen-bond acceptors (Lipinski definition) is 0. The molecule has 1 radical (unpaired) electrons. The molecule has 0 heterocycles. The molecule has 0 fully saturated rings. The third kappa shape index (κ3) is 9.19. The summed E-state index contributed by atoms with van der Waals surface area (Å²) in [4.78, 5) is 0. The first kappa shape index (κ1) is 17.0. The molecule has 0 aromatic heterocycles. The molecule has 0 N–H and O–H groups in total. The molecule has 0 aliphatic heterocycles. The molecule has 0 aromatic carbocycles. The SMILES string of the molecule is [AlH2][SiH3].[Cr].[Mn]. The Bertz CT molecular complexity index is 8.00. The Morgan fingerprint density at radius 1 is 1.25 bits per heavy atom. The zero-order chi connectivity index (χ0) is 2.00. The maximum atomic E-state index is 1.44. The van der Waals surface area contributed by atoms with E-state index in [9.17, 15) is 0 Å². The van der Waals surface area contributed by atoms with Crippen LogP contribution in [0.2, 0.25) is 0 Å². The molecule has 0 saturated carbocycles. The molecule has 4 heavy (non-hydrogen) atoms. The summed E-state index contributed by atoms with van der Waals surface area (Å²) in [6.45, 7) is 0. The smallest absolute Gasteiger partial charge is 0.0504 e. The molecule has 0 bridgehead atoms. The number of hydrogen-bond donors (Lipinski definition) is 0. The van der Waals surface area contributed by atoms with E-state index in [2.05, 4.69) is 0 Å². The molecule has 0 atom stereocenters. The van der Waals surface area contributed by atoms with Crippen LogP contribution in [0.1, 0.15) is 0 Å². The molecule has 25 valence electrons. The van der Waals surface area contributed by atoms with Crippen molar-refractivity contribution in [2.24, 2.45) is 0 Å². The maximum Gasteiger partial charge on any atom is 0.193 e. The van der Waals surface area contributed by atoms with E-state index in [4.69, 9.17) is 0 Å². The van der Waals surface area contributed by atoms with E-state index in [0.29, 0.717) is 0 Å². The summed E-state index contributed by atoms with van der Waals surface area (Å²) in [6, 6.07) is 0. The molecule has 0 spiro atoms. The van der Waals surface area contributed by atoms with Gasteiger partial charge in [-0.2, -0.15) is 0 Å². The van der Waals surface area contributed by atoms with Crippen LogP contribution in [0.5, 0.6) is 0 Å². The minimum atomic E-state index is 0. The van der Waals surface area contributed by atoms with Gasteiger partial charge >= 0.3 is 0 Å². The monoisotopic (exact) mass is 167 g/mol. The second kappa shape index (κ2) is 21.4. The van der Waals surface area contributed by atoms with Crippen molar-refractivity contribution in [1.29, 1.82) is 0 Å². The summed E-state index contributed by atoms with van der Waals surface area (Å²) in [5.41, 5.74) is 0. The van der Waals surface area contributed by atoms with Crippen LogP contribution in [-0.4, -0.2) is 24.4 Å². The zero-order valence-electron chi connectivity index (χ0n) is 2.79. The molecule has 0 aliphatic carbocycles. The fourth-order valence-corrected chi connectivity index (χ4v) is 0. The molecule has 0 aromatic rings. The molecule has 0 saturated heterocycles. The van der Waals surface area contributed by atoms with Crippen molar-refractivity contribution >= 4 is 24.4 Å². The Balaban J connectivity index is -0.00000000500. The van der Waals surface area contributed by atoms with Crippen LogP contribution >= 0.6 is 0 Å². The topological polar surface area (TPSA) is 0 Å². The zero-order valence-corrected chi connectivity index (χ0v) is 9.24. The third-order valence-electron chi connectivity index (χ3n) is 0. The van der Waals surface area contributed by atoms with Crippen molar-refractivity contribution in [2.45, 2.75) is 0 Å². The maximum absolute atomic E-state index is 1.44. The van der Waals surface area contributed by atoms with Crippen LogP contribution in [0.4, 0.5) is 0 Å². The van der Waals surface area contributed by atoms with Gasteiger partial charge in [-0.25, -0.2) is 0 Å². The van der Waals surface area contributed by atoms with Gasteiger partial charge in [0.15, 0.2) is 15.6 Å². The van der Waals surface area contributed by atoms with Crippen molar-refractivity contribution in [3.63, 3.8) is 0 Å². The average molecular weight is 167 g/mol. The van der Waals surface area contributed by atoms with E-state index >= 15 is 0 Å². The van der Waals surface area contributed by atoms with Gasteiger partial charge in [0.1, 0.15) is 0 Å². The Labute approximate surface area is 58.6 Å². The van der Waals surface area contributed by atoms with Crippen molar-refractivity contribution in [3.05, 3.63) is 0 Å². The fraction of sp³-hybridized carbons (Fsp3) is 0. The Kier molecular flexibility index (Phi) is 91.1. The first-order valence-corrected chi connectivity index (χ1v) is 9.00. The molecular formula is H5AlCrMnSi. The summed E-state index contributed by atoms with van der Waals surface area (Å²) in [6.07, 6.45) is 0. The van der Waals surface area contributed by atoms with Crippen LogP contribution < -0.4 is 0 Å². The predicted octanol–water partition coefficient (Wildman–Crippen LogP) is -2.11. The Morgan fingerprint density at radius 2 is 1.25 bits per heavy atom. The molecule has 4 heteroatoms. The summed E-state index contributed by atoms with van der Waals surface area (Å²) in [5, 5.41) is 0. The van der Waals surface area contributed by atoms with Gasteiger partial charge in [-0.05, 0) is 0 Å². The standard InChI is InChI=1S/Al.Cr.Mn.H3Si.2H/h;;;1H3;;. The van der Waals surface area contributed by atoms with Crippen LogP contribution in [0, 0.1) is 0 Å². The third-order valence-corrected chi connectivity index (χ3v) is 0. The van der Waals surface area contributed by atoms with Gasteiger partial charge in [0.25, 0.3) is 0 Å². The first-order valence-electron chi connectivity index (χ1n) is 1.00. The quantitative estimate of drug-likeness (QED) is 0.362. The van der Waals surface area contributed by atoms with E-state index in [1.807, 2.05) is 0 Å². The fourth-order valence-electron chi connectivity index (χ4n) is 0. The van der Waals surface area contributed by atoms with E-state index in [1.165, 1.54) is 24.4 Å². The average Bonchev–Trinajstić information content (AvgIpc) is 1.00. The molecule has 0 unspecified atom stereocenters. The van der Waals surface area contributed by atoms with E-state index < -0.39 is 0 Å². The van der Waals surface area contributed by atoms with Crippen LogP contribution in [0.3, 0.4) is 0 Å². The van der Waals surface area contributed by atoms with E-state index in [0.717, 1.165) is 0 Å². The summed E-state index contributed by atoms with van der Waals surface area (Å²) < 4.78 is 0. The second-order valence-electron chi connectivity index (χ2n) is 0. The summed E-state index contributed by atoms with van der Waals surface area (Å²) in [7, 11) is 1.44. The normalized spacial score (nSPS) is 2.00. The van der Waals surface area contributed by atoms with Gasteiger partial charge in [0, 0.05) is 34.4 Å². The van der Waals surface area contributed by atoms with Crippen LogP contribution in [0.25, 0.3) is 0 Å². The molecule has 0 rings (SSSR count). The molecule has 0 nitrogen and oxygen atoms in total. The van der Waals surface area contributed by atoms with Crippen molar-refractivity contribution in [3.8, 4) is 0 Å². The Hall–Kier alpha value is 1.80. The van der Waals surface area contributed by atoms with Crippen molar-refractivity contribution in [1.82, 2.24) is 0 Å². The first-order chi connectivity index (χ1) is 1.00.